The Kier molecular flexibility index (Phi) is 11.3. The quantitative estimate of drug-likeness (QED) is 0.476. The van der Waals surface area contributed by atoms with Gasteiger partial charge >= 0.3 is 51.6 Å². The summed E-state index contributed by atoms with van der Waals surface area (Å²) in [4.78, 5) is 0. The first-order chi connectivity index (χ1) is 7.64. The van der Waals surface area contributed by atoms with Crippen LogP contribution >= 0.6 is 18.6 Å². The molecular weight excluding hydrogens is 275 g/mol. The summed E-state index contributed by atoms with van der Waals surface area (Å²) in [7, 11) is 11.0. The Labute approximate surface area is 112 Å². The maximum absolute atomic E-state index is 5.51. The van der Waals surface area contributed by atoms with Crippen molar-refractivity contribution in [3.8, 4) is 0 Å². The zero-order valence-corrected chi connectivity index (χ0v) is 12.6. The van der Waals surface area contributed by atoms with Crippen molar-refractivity contribution in [3.05, 3.63) is 60.7 Å². The van der Waals surface area contributed by atoms with Crippen molar-refractivity contribution in [2.75, 3.05) is 0 Å². The van der Waals surface area contributed by atoms with E-state index in [-0.39, 0.29) is 0 Å². The van der Waals surface area contributed by atoms with E-state index < -0.39 is 15.3 Å². The van der Waals surface area contributed by atoms with Crippen molar-refractivity contribution < 1.29 is 15.3 Å². The van der Waals surface area contributed by atoms with Crippen LogP contribution in [0.4, 0.5) is 0 Å². The number of halogens is 2. The molecule has 0 radical (unpaired) electrons. The van der Waals surface area contributed by atoms with Gasteiger partial charge in [0.25, 0.3) is 0 Å². The molecule has 0 aliphatic rings. The van der Waals surface area contributed by atoms with Crippen molar-refractivity contribution >= 4 is 22.4 Å². The van der Waals surface area contributed by atoms with Crippen LogP contribution in [0.25, 0.3) is 0 Å². The Morgan fingerprint density at radius 3 is 1.12 bits per heavy atom. The minimum atomic E-state index is -1.60. The van der Waals surface area contributed by atoms with E-state index in [4.69, 9.17) is 18.6 Å². The van der Waals surface area contributed by atoms with Gasteiger partial charge in [-0.1, -0.05) is 0 Å². The van der Waals surface area contributed by atoms with Gasteiger partial charge in [0.05, 0.1) is 0 Å². The molecule has 0 fully saturated rings. The fourth-order valence-corrected chi connectivity index (χ4v) is 0.642. The monoisotopic (exact) mass is 290 g/mol. The Balaban J connectivity index is 0.000000211. The molecule has 2 aromatic rings. The minimum absolute atomic E-state index is 1.21. The van der Waals surface area contributed by atoms with Gasteiger partial charge in [-0.25, -0.2) is 24.3 Å². The van der Waals surface area contributed by atoms with E-state index >= 15 is 0 Å². The van der Waals surface area contributed by atoms with E-state index in [9.17, 15) is 0 Å². The fourth-order valence-electron chi connectivity index (χ4n) is 0.642. The number of rotatable bonds is 0. The zero-order chi connectivity index (χ0) is 12.2. The van der Waals surface area contributed by atoms with Crippen molar-refractivity contribution in [2.24, 2.45) is 0 Å². The number of hydrogen-bond donors (Lipinski definition) is 0. The Morgan fingerprint density at radius 1 is 0.812 bits per heavy atom. The molecule has 0 saturated carbocycles. The molecule has 2 aromatic carbocycles. The van der Waals surface area contributed by atoms with Crippen molar-refractivity contribution in [1.82, 2.24) is 0 Å². The molecule has 0 spiro atoms. The standard InChI is InChI=1S/2C5H5.C3H6.2ClH.Ti/c2*1-2-4-5-3-1;1-3-2;;;/h2*1-5H;1-2H3;2*1H;/q2*-1;;;;+2/p-2. The van der Waals surface area contributed by atoms with Crippen LogP contribution in [0.1, 0.15) is 13.8 Å². The summed E-state index contributed by atoms with van der Waals surface area (Å²) < 4.78 is 1.21. The molecule has 0 N–H and O–H groups in total. The van der Waals surface area contributed by atoms with Crippen LogP contribution in [0, 0.1) is 0 Å². The third-order valence-corrected chi connectivity index (χ3v) is 5.79. The molecule has 0 heterocycles. The molecule has 0 unspecified atom stereocenters. The van der Waals surface area contributed by atoms with Gasteiger partial charge in [0.1, 0.15) is 0 Å². The Hall–Kier alpha value is -0.136. The molecule has 0 bridgehead atoms. The summed E-state index contributed by atoms with van der Waals surface area (Å²) in [5.74, 6) is 0. The van der Waals surface area contributed by atoms with Gasteiger partial charge in [0.2, 0.25) is 0 Å². The molecular formula is C13H16Cl2Ti-2. The van der Waals surface area contributed by atoms with E-state index in [0.717, 1.165) is 0 Å². The van der Waals surface area contributed by atoms with Gasteiger partial charge < -0.3 is 0 Å². The second kappa shape index (κ2) is 11.4. The third kappa shape index (κ3) is 11.9. The molecule has 0 saturated heterocycles. The molecule has 0 aliphatic heterocycles. The summed E-state index contributed by atoms with van der Waals surface area (Å²) >= 11 is -1.60. The van der Waals surface area contributed by atoms with Crippen LogP contribution in [0.3, 0.4) is 0 Å². The van der Waals surface area contributed by atoms with E-state index in [1.807, 2.05) is 74.5 Å². The minimum Gasteiger partial charge on any atom is -0.214 e. The largest absolute Gasteiger partial charge is 0.214 e. The van der Waals surface area contributed by atoms with Crippen molar-refractivity contribution in [3.63, 3.8) is 0 Å². The predicted octanol–water partition coefficient (Wildman–Crippen LogP) is 4.94. The maximum atomic E-state index is 5.51. The third-order valence-electron chi connectivity index (χ3n) is 1.49. The summed E-state index contributed by atoms with van der Waals surface area (Å²) in [5, 5.41) is 0. The van der Waals surface area contributed by atoms with Crippen LogP contribution in [-0.4, -0.2) is 3.81 Å². The molecule has 3 heteroatoms. The van der Waals surface area contributed by atoms with Crippen LogP contribution in [0.2, 0.25) is 0 Å². The summed E-state index contributed by atoms with van der Waals surface area (Å²) in [6.45, 7) is 3.94. The average molecular weight is 291 g/mol. The molecule has 2 rings (SSSR count). The molecule has 0 aromatic heterocycles. The SMILES string of the molecule is C[C](C)=[Ti]([Cl])[Cl].c1cc[cH-]c1.c1cc[cH-]c1. The van der Waals surface area contributed by atoms with Crippen molar-refractivity contribution in [2.45, 2.75) is 13.8 Å². The molecule has 88 valence electrons. The smallest absolute Gasteiger partial charge is 0.172 e. The number of hydrogen-bond acceptors (Lipinski definition) is 0. The van der Waals surface area contributed by atoms with Crippen molar-refractivity contribution in [1.29, 1.82) is 0 Å². The van der Waals surface area contributed by atoms with E-state index in [2.05, 4.69) is 0 Å². The summed E-state index contributed by atoms with van der Waals surface area (Å²) in [5.41, 5.74) is 0. The van der Waals surface area contributed by atoms with Gasteiger partial charge in [-0.05, 0) is 0 Å². The first-order valence-electron chi connectivity index (χ1n) is 4.96. The van der Waals surface area contributed by atoms with Gasteiger partial charge in [0.15, 0.2) is 0 Å². The molecule has 0 nitrogen and oxygen atoms in total. The van der Waals surface area contributed by atoms with Crippen LogP contribution in [-0.2, 0) is 15.3 Å². The fraction of sp³-hybridized carbons (Fsp3) is 0.154. The van der Waals surface area contributed by atoms with Gasteiger partial charge in [0, 0.05) is 0 Å². The molecule has 0 aliphatic carbocycles. The Bertz CT molecular complexity index is 269. The first kappa shape index (κ1) is 15.9. The van der Waals surface area contributed by atoms with E-state index in [1.54, 1.807) is 0 Å². The molecule has 16 heavy (non-hydrogen) atoms. The summed E-state index contributed by atoms with van der Waals surface area (Å²) in [6.07, 6.45) is 0. The zero-order valence-electron chi connectivity index (χ0n) is 9.53. The van der Waals surface area contributed by atoms with Crippen LogP contribution in [0.15, 0.2) is 60.7 Å². The average Bonchev–Trinajstić information content (AvgIpc) is 2.97. The normalized spacial score (nSPS) is 8.00. The predicted molar refractivity (Wildman–Crippen MR) is 72.1 cm³/mol. The van der Waals surface area contributed by atoms with E-state index in [0.29, 0.717) is 0 Å². The summed E-state index contributed by atoms with van der Waals surface area (Å²) in [6, 6.07) is 20.0. The van der Waals surface area contributed by atoms with Crippen LogP contribution < -0.4 is 0 Å². The van der Waals surface area contributed by atoms with Gasteiger partial charge in [-0.15, -0.1) is 0 Å². The topological polar surface area (TPSA) is 0 Å². The molecule has 0 atom stereocenters. The van der Waals surface area contributed by atoms with E-state index in [1.165, 1.54) is 3.81 Å². The van der Waals surface area contributed by atoms with Crippen LogP contribution in [0.5, 0.6) is 0 Å². The van der Waals surface area contributed by atoms with Gasteiger partial charge in [-0.3, -0.25) is 0 Å². The first-order valence-corrected chi connectivity index (χ1v) is 10.0. The van der Waals surface area contributed by atoms with Gasteiger partial charge in [-0.2, -0.15) is 36.4 Å². The second-order valence-corrected chi connectivity index (χ2v) is 9.47. The second-order valence-electron chi connectivity index (χ2n) is 3.18. The Morgan fingerprint density at radius 2 is 1.06 bits per heavy atom. The molecule has 0 amide bonds. The maximum Gasteiger partial charge on any atom is -0.172 e.